The van der Waals surface area contributed by atoms with E-state index in [1.54, 1.807) is 12.1 Å². The molecule has 29 heavy (non-hydrogen) atoms. The van der Waals surface area contributed by atoms with Crippen LogP contribution in [0.5, 0.6) is 0 Å². The number of carbonyl (C=O) groups is 1. The van der Waals surface area contributed by atoms with E-state index in [1.165, 1.54) is 12.1 Å². The van der Waals surface area contributed by atoms with Gasteiger partial charge >= 0.3 is 0 Å². The van der Waals surface area contributed by atoms with Gasteiger partial charge in [-0.05, 0) is 49.3 Å². The Labute approximate surface area is 191 Å². The van der Waals surface area contributed by atoms with Crippen LogP contribution in [0.1, 0.15) is 39.2 Å². The number of aliphatic hydroxyl groups is 1. The number of aliphatic imine (C=N–C) groups is 1. The third-order valence-corrected chi connectivity index (χ3v) is 4.19. The molecule has 0 saturated heterocycles. The summed E-state index contributed by atoms with van der Waals surface area (Å²) in [5.74, 6) is 1.14. The smallest absolute Gasteiger partial charge is 0.224 e. The normalized spacial score (nSPS) is 12.3. The molecule has 0 aromatic heterocycles. The molecule has 0 saturated carbocycles. The van der Waals surface area contributed by atoms with E-state index in [4.69, 9.17) is 0 Å². The first-order valence-corrected chi connectivity index (χ1v) is 10.1. The molecule has 1 amide bonds. The van der Waals surface area contributed by atoms with E-state index in [9.17, 15) is 14.3 Å². The van der Waals surface area contributed by atoms with Crippen LogP contribution in [0.4, 0.5) is 4.39 Å². The van der Waals surface area contributed by atoms with Crippen molar-refractivity contribution in [2.45, 2.75) is 40.0 Å². The van der Waals surface area contributed by atoms with Gasteiger partial charge in [-0.1, -0.05) is 26.0 Å². The fourth-order valence-electron chi connectivity index (χ4n) is 2.97. The lowest BCUT2D eigenvalue weighted by molar-refractivity contribution is -0.120. The maximum Gasteiger partial charge on any atom is 0.224 e. The standard InChI is InChI=1S/C21H35FN4O2.HI/c1-4-23-21(26-15-18(8-11-27)12-16(2)3)25-10-9-24-20(28)14-17-6-5-7-19(22)13-17;/h5-7,13,16,18,27H,4,8-12,14-15H2,1-3H3,(H,24,28)(H2,23,25,26);1H. The van der Waals surface area contributed by atoms with Crippen molar-refractivity contribution in [1.29, 1.82) is 0 Å². The van der Waals surface area contributed by atoms with Gasteiger partial charge in [0.2, 0.25) is 5.91 Å². The molecule has 0 aliphatic heterocycles. The number of hydrogen-bond acceptors (Lipinski definition) is 3. The fourth-order valence-corrected chi connectivity index (χ4v) is 2.97. The van der Waals surface area contributed by atoms with Gasteiger partial charge in [-0.15, -0.1) is 24.0 Å². The van der Waals surface area contributed by atoms with Crippen LogP contribution < -0.4 is 16.0 Å². The first kappa shape index (κ1) is 27.6. The molecule has 4 N–H and O–H groups in total. The van der Waals surface area contributed by atoms with Gasteiger partial charge in [-0.25, -0.2) is 4.39 Å². The van der Waals surface area contributed by atoms with E-state index in [0.29, 0.717) is 43.0 Å². The molecule has 1 aromatic rings. The summed E-state index contributed by atoms with van der Waals surface area (Å²) in [5.41, 5.74) is 0.653. The summed E-state index contributed by atoms with van der Waals surface area (Å²) in [4.78, 5) is 16.6. The summed E-state index contributed by atoms with van der Waals surface area (Å²) < 4.78 is 13.2. The van der Waals surface area contributed by atoms with E-state index >= 15 is 0 Å². The van der Waals surface area contributed by atoms with E-state index in [2.05, 4.69) is 34.8 Å². The minimum absolute atomic E-state index is 0. The number of halogens is 2. The van der Waals surface area contributed by atoms with Gasteiger partial charge in [-0.2, -0.15) is 0 Å². The number of aliphatic hydroxyl groups excluding tert-OH is 1. The predicted molar refractivity (Wildman–Crippen MR) is 127 cm³/mol. The highest BCUT2D eigenvalue weighted by Crippen LogP contribution is 2.15. The van der Waals surface area contributed by atoms with Gasteiger partial charge in [0.15, 0.2) is 5.96 Å². The second kappa shape index (κ2) is 16.4. The molecular weight excluding hydrogens is 486 g/mol. The molecule has 1 aromatic carbocycles. The monoisotopic (exact) mass is 522 g/mol. The topological polar surface area (TPSA) is 85.8 Å². The second-order valence-electron chi connectivity index (χ2n) is 7.31. The molecule has 0 aliphatic rings. The molecule has 8 heteroatoms. The molecular formula is C21H36FIN4O2. The molecule has 0 aliphatic carbocycles. The highest BCUT2D eigenvalue weighted by molar-refractivity contribution is 14.0. The van der Waals surface area contributed by atoms with E-state index in [-0.39, 0.29) is 48.7 Å². The molecule has 0 radical (unpaired) electrons. The van der Waals surface area contributed by atoms with Crippen molar-refractivity contribution in [2.24, 2.45) is 16.8 Å². The summed E-state index contributed by atoms with van der Waals surface area (Å²) >= 11 is 0. The summed E-state index contributed by atoms with van der Waals surface area (Å²) in [6, 6.07) is 6.06. The van der Waals surface area contributed by atoms with Crippen molar-refractivity contribution in [1.82, 2.24) is 16.0 Å². The Balaban J connectivity index is 0.00000784. The zero-order valence-corrected chi connectivity index (χ0v) is 20.0. The maximum absolute atomic E-state index is 13.2. The number of benzene rings is 1. The number of amides is 1. The quantitative estimate of drug-likeness (QED) is 0.147. The molecule has 1 atom stereocenters. The van der Waals surface area contributed by atoms with E-state index < -0.39 is 0 Å². The van der Waals surface area contributed by atoms with E-state index in [0.717, 1.165) is 19.4 Å². The zero-order chi connectivity index (χ0) is 20.8. The molecule has 6 nitrogen and oxygen atoms in total. The Hall–Kier alpha value is -1.42. The Morgan fingerprint density at radius 2 is 1.93 bits per heavy atom. The van der Waals surface area contributed by atoms with Gasteiger partial charge in [0.25, 0.3) is 0 Å². The van der Waals surface area contributed by atoms with Crippen molar-refractivity contribution < 1.29 is 14.3 Å². The summed E-state index contributed by atoms with van der Waals surface area (Å²) in [6.07, 6.45) is 1.93. The van der Waals surface area contributed by atoms with Crippen LogP contribution in [0.2, 0.25) is 0 Å². The van der Waals surface area contributed by atoms with Gasteiger partial charge in [-0.3, -0.25) is 9.79 Å². The number of rotatable bonds is 12. The number of carbonyl (C=O) groups excluding carboxylic acids is 1. The van der Waals surface area contributed by atoms with Gasteiger partial charge in [0, 0.05) is 32.8 Å². The van der Waals surface area contributed by atoms with Crippen LogP contribution in [0, 0.1) is 17.7 Å². The Bertz CT molecular complexity index is 614. The van der Waals surface area contributed by atoms with Crippen LogP contribution in [0.15, 0.2) is 29.3 Å². The van der Waals surface area contributed by atoms with Crippen molar-refractivity contribution >= 4 is 35.8 Å². The highest BCUT2D eigenvalue weighted by Gasteiger charge is 2.11. The van der Waals surface area contributed by atoms with Crippen LogP contribution >= 0.6 is 24.0 Å². The third kappa shape index (κ3) is 13.4. The lowest BCUT2D eigenvalue weighted by Gasteiger charge is -2.17. The molecule has 1 unspecified atom stereocenters. The average Bonchev–Trinajstić information content (AvgIpc) is 2.62. The molecule has 1 rings (SSSR count). The van der Waals surface area contributed by atoms with Crippen LogP contribution in [0.25, 0.3) is 0 Å². The largest absolute Gasteiger partial charge is 0.396 e. The zero-order valence-electron chi connectivity index (χ0n) is 17.7. The lowest BCUT2D eigenvalue weighted by Crippen LogP contribution is -2.42. The minimum atomic E-state index is -0.338. The summed E-state index contributed by atoms with van der Waals surface area (Å²) in [6.45, 7) is 8.90. The molecule has 0 fully saturated rings. The van der Waals surface area contributed by atoms with Gasteiger partial charge in [0.05, 0.1) is 6.42 Å². The summed E-state index contributed by atoms with van der Waals surface area (Å²) in [7, 11) is 0. The third-order valence-electron chi connectivity index (χ3n) is 4.19. The molecule has 0 spiro atoms. The van der Waals surface area contributed by atoms with E-state index in [1.807, 2.05) is 6.92 Å². The van der Waals surface area contributed by atoms with Crippen molar-refractivity contribution in [2.75, 3.05) is 32.8 Å². The van der Waals surface area contributed by atoms with Crippen molar-refractivity contribution in [3.05, 3.63) is 35.6 Å². The first-order valence-electron chi connectivity index (χ1n) is 10.1. The first-order chi connectivity index (χ1) is 13.4. The van der Waals surface area contributed by atoms with Crippen LogP contribution in [-0.2, 0) is 11.2 Å². The van der Waals surface area contributed by atoms with Crippen LogP contribution in [0.3, 0.4) is 0 Å². The molecule has 0 bridgehead atoms. The number of guanidine groups is 1. The maximum atomic E-state index is 13.2. The van der Waals surface area contributed by atoms with Gasteiger partial charge < -0.3 is 21.1 Å². The number of hydrogen-bond donors (Lipinski definition) is 4. The Morgan fingerprint density at radius 3 is 2.55 bits per heavy atom. The van der Waals surface area contributed by atoms with Gasteiger partial charge in [0.1, 0.15) is 5.82 Å². The fraction of sp³-hybridized carbons (Fsp3) is 0.619. The number of nitrogens with one attached hydrogen (secondary N) is 3. The SMILES string of the molecule is CCNC(=NCC(CCO)CC(C)C)NCCNC(=O)Cc1cccc(F)c1.I. The molecule has 166 valence electrons. The lowest BCUT2D eigenvalue weighted by atomic mass is 9.94. The Kier molecular flexibility index (Phi) is 15.6. The predicted octanol–water partition coefficient (Wildman–Crippen LogP) is 2.70. The van der Waals surface area contributed by atoms with Crippen molar-refractivity contribution in [3.8, 4) is 0 Å². The second-order valence-corrected chi connectivity index (χ2v) is 7.31. The molecule has 0 heterocycles. The Morgan fingerprint density at radius 1 is 1.21 bits per heavy atom. The van der Waals surface area contributed by atoms with Crippen molar-refractivity contribution in [3.63, 3.8) is 0 Å². The highest BCUT2D eigenvalue weighted by atomic mass is 127. The minimum Gasteiger partial charge on any atom is -0.396 e. The number of nitrogens with zero attached hydrogens (tertiary/aromatic N) is 1. The van der Waals surface area contributed by atoms with Crippen LogP contribution in [-0.4, -0.2) is 49.8 Å². The average molecular weight is 522 g/mol. The summed E-state index contributed by atoms with van der Waals surface area (Å²) in [5, 5.41) is 18.4.